The number of anilines is 1. The molecule has 2 aromatic carbocycles. The molecule has 1 aromatic heterocycles. The standard InChI is InChI=1S/C23H24FN3O4S2/c1-14-10-16(3)18(11-15(14)2)21-13-32-23(25-21)26-22(28)19-12-17(4-5-20(19)24)33(29,30)27-6-8-31-9-7-27/h4-5,10-13H,6-9H2,1-3H3,(H,25,26,28). The van der Waals surface area contributed by atoms with Crippen molar-refractivity contribution in [3.63, 3.8) is 0 Å². The molecule has 0 radical (unpaired) electrons. The number of hydrogen-bond acceptors (Lipinski definition) is 6. The van der Waals surface area contributed by atoms with E-state index in [9.17, 15) is 17.6 Å². The Balaban J connectivity index is 1.57. The van der Waals surface area contributed by atoms with E-state index < -0.39 is 21.7 Å². The number of carbonyl (C=O) groups is 1. The molecule has 1 aliphatic rings. The smallest absolute Gasteiger partial charge is 0.260 e. The van der Waals surface area contributed by atoms with Gasteiger partial charge in [0.15, 0.2) is 5.13 Å². The van der Waals surface area contributed by atoms with Crippen LogP contribution in [0.4, 0.5) is 9.52 Å². The van der Waals surface area contributed by atoms with Gasteiger partial charge in [0, 0.05) is 24.0 Å². The fraction of sp³-hybridized carbons (Fsp3) is 0.304. The number of rotatable bonds is 5. The highest BCUT2D eigenvalue weighted by Gasteiger charge is 2.28. The fourth-order valence-electron chi connectivity index (χ4n) is 3.63. The van der Waals surface area contributed by atoms with Crippen molar-refractivity contribution in [2.75, 3.05) is 31.6 Å². The molecule has 2 heterocycles. The summed E-state index contributed by atoms with van der Waals surface area (Å²) in [6.07, 6.45) is 0. The molecule has 0 saturated carbocycles. The lowest BCUT2D eigenvalue weighted by molar-refractivity contribution is 0.0730. The van der Waals surface area contributed by atoms with Crippen LogP contribution in [0.3, 0.4) is 0 Å². The van der Waals surface area contributed by atoms with Gasteiger partial charge in [-0.2, -0.15) is 4.31 Å². The number of aromatic nitrogens is 1. The van der Waals surface area contributed by atoms with Gasteiger partial charge in [0.2, 0.25) is 10.0 Å². The number of morpholine rings is 1. The second kappa shape index (κ2) is 9.30. The van der Waals surface area contributed by atoms with Crippen molar-refractivity contribution in [1.82, 2.24) is 9.29 Å². The van der Waals surface area contributed by atoms with Gasteiger partial charge in [0.25, 0.3) is 5.91 Å². The summed E-state index contributed by atoms with van der Waals surface area (Å²) in [4.78, 5) is 17.1. The summed E-state index contributed by atoms with van der Waals surface area (Å²) in [6.45, 7) is 7.06. The van der Waals surface area contributed by atoms with Crippen molar-refractivity contribution >= 4 is 32.4 Å². The number of carbonyl (C=O) groups excluding carboxylic acids is 1. The van der Waals surface area contributed by atoms with Gasteiger partial charge in [-0.1, -0.05) is 6.07 Å². The minimum Gasteiger partial charge on any atom is -0.379 e. The molecule has 7 nitrogen and oxygen atoms in total. The summed E-state index contributed by atoms with van der Waals surface area (Å²) in [7, 11) is -3.86. The van der Waals surface area contributed by atoms with E-state index in [1.165, 1.54) is 27.3 Å². The van der Waals surface area contributed by atoms with Gasteiger partial charge < -0.3 is 4.74 Å². The summed E-state index contributed by atoms with van der Waals surface area (Å²) in [6, 6.07) is 7.36. The monoisotopic (exact) mass is 489 g/mol. The van der Waals surface area contributed by atoms with Crippen LogP contribution in [0.5, 0.6) is 0 Å². The number of nitrogens with one attached hydrogen (secondary N) is 1. The van der Waals surface area contributed by atoms with E-state index >= 15 is 0 Å². The molecule has 33 heavy (non-hydrogen) atoms. The third kappa shape index (κ3) is 4.84. The Labute approximate surface area is 196 Å². The average molecular weight is 490 g/mol. The van der Waals surface area contributed by atoms with Crippen molar-refractivity contribution in [2.24, 2.45) is 0 Å². The molecule has 1 aliphatic heterocycles. The van der Waals surface area contributed by atoms with E-state index in [2.05, 4.69) is 16.4 Å². The molecule has 174 valence electrons. The van der Waals surface area contributed by atoms with Crippen LogP contribution in [0.25, 0.3) is 11.3 Å². The summed E-state index contributed by atoms with van der Waals surface area (Å²) < 4.78 is 46.7. The molecule has 4 rings (SSSR count). The molecule has 0 spiro atoms. The van der Waals surface area contributed by atoms with Crippen LogP contribution >= 0.6 is 11.3 Å². The maximum absolute atomic E-state index is 14.5. The van der Waals surface area contributed by atoms with Crippen LogP contribution < -0.4 is 5.32 Å². The lowest BCUT2D eigenvalue weighted by Gasteiger charge is -2.26. The van der Waals surface area contributed by atoms with Gasteiger partial charge >= 0.3 is 0 Å². The van der Waals surface area contributed by atoms with Gasteiger partial charge in [-0.05, 0) is 61.7 Å². The Morgan fingerprint density at radius 1 is 1.09 bits per heavy atom. The van der Waals surface area contributed by atoms with Crippen LogP contribution in [0.2, 0.25) is 0 Å². The maximum Gasteiger partial charge on any atom is 0.260 e. The number of amides is 1. The van der Waals surface area contributed by atoms with E-state index in [1.54, 1.807) is 0 Å². The second-order valence-corrected chi connectivity index (χ2v) is 10.7. The van der Waals surface area contributed by atoms with Crippen molar-refractivity contribution in [1.29, 1.82) is 0 Å². The molecule has 3 aromatic rings. The zero-order valence-corrected chi connectivity index (χ0v) is 20.1. The number of ether oxygens (including phenoxy) is 1. The highest BCUT2D eigenvalue weighted by atomic mass is 32.2. The predicted molar refractivity (Wildman–Crippen MR) is 126 cm³/mol. The molecule has 0 atom stereocenters. The van der Waals surface area contributed by atoms with Gasteiger partial charge in [-0.15, -0.1) is 11.3 Å². The number of benzene rings is 2. The van der Waals surface area contributed by atoms with Crippen molar-refractivity contribution in [3.05, 3.63) is 63.8 Å². The Bertz CT molecular complexity index is 1320. The number of sulfonamides is 1. The Hall–Kier alpha value is -2.66. The van der Waals surface area contributed by atoms with Gasteiger partial charge in [-0.3, -0.25) is 10.1 Å². The third-order valence-electron chi connectivity index (χ3n) is 5.63. The third-order valence-corrected chi connectivity index (χ3v) is 8.28. The van der Waals surface area contributed by atoms with Crippen molar-refractivity contribution in [2.45, 2.75) is 25.7 Å². The fourth-order valence-corrected chi connectivity index (χ4v) is 5.77. The lowest BCUT2D eigenvalue weighted by atomic mass is 9.99. The van der Waals surface area contributed by atoms with Crippen LogP contribution in [0, 0.1) is 26.6 Å². The Morgan fingerprint density at radius 2 is 1.79 bits per heavy atom. The molecule has 0 bridgehead atoms. The van der Waals surface area contributed by atoms with Crippen LogP contribution in [0.1, 0.15) is 27.0 Å². The first-order chi connectivity index (χ1) is 15.7. The minimum atomic E-state index is -3.86. The first kappa shape index (κ1) is 23.5. The molecule has 1 N–H and O–H groups in total. The molecular formula is C23H24FN3O4S2. The molecular weight excluding hydrogens is 465 g/mol. The lowest BCUT2D eigenvalue weighted by Crippen LogP contribution is -2.40. The predicted octanol–water partition coefficient (Wildman–Crippen LogP) is 4.15. The quantitative estimate of drug-likeness (QED) is 0.582. The van der Waals surface area contributed by atoms with Gasteiger partial charge in [0.1, 0.15) is 5.82 Å². The number of aryl methyl sites for hydroxylation is 3. The average Bonchev–Trinajstić information content (AvgIpc) is 3.25. The first-order valence-electron chi connectivity index (χ1n) is 10.4. The van der Waals surface area contributed by atoms with E-state index in [-0.39, 0.29) is 23.5 Å². The number of hydrogen-bond donors (Lipinski definition) is 1. The highest BCUT2D eigenvalue weighted by molar-refractivity contribution is 7.89. The molecule has 0 unspecified atom stereocenters. The molecule has 1 amide bonds. The SMILES string of the molecule is Cc1cc(C)c(-c2csc(NC(=O)c3cc(S(=O)(=O)N4CCOCC4)ccc3F)n2)cc1C. The van der Waals surface area contributed by atoms with Crippen LogP contribution in [-0.4, -0.2) is 49.9 Å². The Kier molecular flexibility index (Phi) is 6.62. The zero-order chi connectivity index (χ0) is 23.8. The molecule has 0 aliphatic carbocycles. The molecule has 1 saturated heterocycles. The van der Waals surface area contributed by atoms with Crippen molar-refractivity contribution < 1.29 is 22.3 Å². The maximum atomic E-state index is 14.5. The summed E-state index contributed by atoms with van der Waals surface area (Å²) in [5.74, 6) is -1.57. The zero-order valence-electron chi connectivity index (χ0n) is 18.5. The van der Waals surface area contributed by atoms with E-state index in [1.807, 2.05) is 32.2 Å². The number of thiazole rings is 1. The summed E-state index contributed by atoms with van der Waals surface area (Å²) >= 11 is 1.22. The van der Waals surface area contributed by atoms with Crippen molar-refractivity contribution in [3.8, 4) is 11.3 Å². The van der Waals surface area contributed by atoms with Gasteiger partial charge in [0.05, 0.1) is 29.4 Å². The van der Waals surface area contributed by atoms with Crippen LogP contribution in [-0.2, 0) is 14.8 Å². The number of nitrogens with zero attached hydrogens (tertiary/aromatic N) is 2. The normalized spacial score (nSPS) is 14.9. The first-order valence-corrected chi connectivity index (χ1v) is 12.7. The van der Waals surface area contributed by atoms with E-state index in [0.29, 0.717) is 24.0 Å². The Morgan fingerprint density at radius 3 is 2.52 bits per heavy atom. The summed E-state index contributed by atoms with van der Waals surface area (Å²) in [5, 5.41) is 4.71. The van der Waals surface area contributed by atoms with Gasteiger partial charge in [-0.25, -0.2) is 17.8 Å². The topological polar surface area (TPSA) is 88.6 Å². The summed E-state index contributed by atoms with van der Waals surface area (Å²) in [5.41, 5.74) is 4.69. The molecule has 1 fully saturated rings. The molecule has 10 heteroatoms. The van der Waals surface area contributed by atoms with E-state index in [0.717, 1.165) is 28.8 Å². The minimum absolute atomic E-state index is 0.137. The highest BCUT2D eigenvalue weighted by Crippen LogP contribution is 2.30. The van der Waals surface area contributed by atoms with E-state index in [4.69, 9.17) is 4.74 Å². The number of halogens is 1. The largest absolute Gasteiger partial charge is 0.379 e. The second-order valence-electron chi connectivity index (χ2n) is 7.90. The van der Waals surface area contributed by atoms with Crippen LogP contribution in [0.15, 0.2) is 40.6 Å².